The number of rotatable bonds is 6. The third-order valence-corrected chi connectivity index (χ3v) is 5.40. The predicted molar refractivity (Wildman–Crippen MR) is 83.7 cm³/mol. The van der Waals surface area contributed by atoms with Gasteiger partial charge in [0.25, 0.3) is 5.91 Å². The third kappa shape index (κ3) is 4.53. The smallest absolute Gasteiger partial charge is 0.251 e. The maximum atomic E-state index is 12.1. The highest BCUT2D eigenvalue weighted by molar-refractivity contribution is 7.91. The van der Waals surface area contributed by atoms with E-state index in [1.165, 1.54) is 19.2 Å². The molecule has 1 aromatic carbocycles. The second-order valence-corrected chi connectivity index (χ2v) is 7.44. The fourth-order valence-corrected chi connectivity index (χ4v) is 3.53. The van der Waals surface area contributed by atoms with Crippen LogP contribution in [0.3, 0.4) is 0 Å². The van der Waals surface area contributed by atoms with Crippen molar-refractivity contribution in [1.29, 1.82) is 0 Å². The second-order valence-electron chi connectivity index (χ2n) is 5.33. The Labute approximate surface area is 131 Å². The van der Waals surface area contributed by atoms with E-state index in [1.54, 1.807) is 12.1 Å². The van der Waals surface area contributed by atoms with Crippen molar-refractivity contribution in [2.45, 2.75) is 23.8 Å². The molecule has 0 saturated carbocycles. The number of nitrogens with one attached hydrogen (secondary N) is 2. The van der Waals surface area contributed by atoms with Crippen LogP contribution in [0.5, 0.6) is 0 Å². The van der Waals surface area contributed by atoms with E-state index in [9.17, 15) is 13.2 Å². The van der Waals surface area contributed by atoms with Crippen molar-refractivity contribution in [2.24, 2.45) is 0 Å². The largest absolute Gasteiger partial charge is 0.384 e. The molecule has 0 aliphatic carbocycles. The zero-order valence-corrected chi connectivity index (χ0v) is 13.5. The van der Waals surface area contributed by atoms with Crippen molar-refractivity contribution < 1.29 is 17.9 Å². The summed E-state index contributed by atoms with van der Waals surface area (Å²) < 4.78 is 28.8. The second kappa shape index (κ2) is 7.71. The number of methoxy groups -OCH3 is 1. The molecule has 7 heteroatoms. The summed E-state index contributed by atoms with van der Waals surface area (Å²) in [5, 5.41) is 6.22. The Morgan fingerprint density at radius 1 is 1.27 bits per heavy atom. The number of hydrogen-bond donors (Lipinski definition) is 2. The first kappa shape index (κ1) is 16.9. The number of hydrogen-bond acceptors (Lipinski definition) is 5. The van der Waals surface area contributed by atoms with Crippen LogP contribution >= 0.6 is 0 Å². The van der Waals surface area contributed by atoms with Gasteiger partial charge in [0.2, 0.25) is 0 Å². The molecule has 2 N–H and O–H groups in total. The molecule has 1 fully saturated rings. The van der Waals surface area contributed by atoms with Gasteiger partial charge in [-0.25, -0.2) is 8.42 Å². The van der Waals surface area contributed by atoms with E-state index in [0.29, 0.717) is 5.56 Å². The van der Waals surface area contributed by atoms with Crippen LogP contribution < -0.4 is 10.6 Å². The van der Waals surface area contributed by atoms with Gasteiger partial charge in [-0.1, -0.05) is 0 Å². The summed E-state index contributed by atoms with van der Waals surface area (Å²) in [4.78, 5) is 12.4. The minimum atomic E-state index is -3.36. The molecule has 1 saturated heterocycles. The molecule has 1 amide bonds. The van der Waals surface area contributed by atoms with Gasteiger partial charge in [0, 0.05) is 18.7 Å². The molecule has 22 heavy (non-hydrogen) atoms. The van der Waals surface area contributed by atoms with Gasteiger partial charge in [-0.2, -0.15) is 0 Å². The Hall–Kier alpha value is -1.44. The molecule has 0 aromatic heterocycles. The Kier molecular flexibility index (Phi) is 5.93. The average molecular weight is 326 g/mol. The maximum absolute atomic E-state index is 12.1. The van der Waals surface area contributed by atoms with Gasteiger partial charge in [0.05, 0.1) is 17.3 Å². The summed E-state index contributed by atoms with van der Waals surface area (Å²) in [5.74, 6) is -0.225. The van der Waals surface area contributed by atoms with Crippen molar-refractivity contribution >= 4 is 15.7 Å². The highest BCUT2D eigenvalue weighted by Gasteiger charge is 2.18. The first-order valence-corrected chi connectivity index (χ1v) is 9.01. The van der Waals surface area contributed by atoms with Crippen molar-refractivity contribution in [3.05, 3.63) is 29.8 Å². The Balaban J connectivity index is 2.00. The number of amides is 1. The molecule has 0 bridgehead atoms. The molecule has 2 rings (SSSR count). The van der Waals surface area contributed by atoms with Gasteiger partial charge in [0.1, 0.15) is 0 Å². The lowest BCUT2D eigenvalue weighted by Crippen LogP contribution is -2.42. The maximum Gasteiger partial charge on any atom is 0.251 e. The summed E-state index contributed by atoms with van der Waals surface area (Å²) in [5.41, 5.74) is 0.476. The van der Waals surface area contributed by atoms with E-state index < -0.39 is 9.84 Å². The highest BCUT2D eigenvalue weighted by atomic mass is 32.2. The summed E-state index contributed by atoms with van der Waals surface area (Å²) in [6, 6.07) is 6.23. The van der Waals surface area contributed by atoms with Gasteiger partial charge in [-0.3, -0.25) is 4.79 Å². The molecule has 1 heterocycles. The number of piperidine rings is 1. The number of ether oxygens (including phenoxy) is 1. The van der Waals surface area contributed by atoms with Crippen LogP contribution in [0.25, 0.3) is 0 Å². The van der Waals surface area contributed by atoms with Crippen LogP contribution in [-0.4, -0.2) is 52.9 Å². The number of benzene rings is 1. The minimum Gasteiger partial charge on any atom is -0.384 e. The molecule has 0 spiro atoms. The first-order valence-electron chi connectivity index (χ1n) is 7.36. The van der Waals surface area contributed by atoms with Crippen molar-refractivity contribution in [3.8, 4) is 0 Å². The summed E-state index contributed by atoms with van der Waals surface area (Å²) in [7, 11) is -1.90. The molecule has 0 atom stereocenters. The van der Waals surface area contributed by atoms with E-state index in [2.05, 4.69) is 10.6 Å². The van der Waals surface area contributed by atoms with Crippen LogP contribution in [0.2, 0.25) is 0 Å². The lowest BCUT2D eigenvalue weighted by molar-refractivity contribution is 0.0929. The normalized spacial score (nSPS) is 16.4. The molecule has 0 unspecified atom stereocenters. The molecule has 122 valence electrons. The molecular formula is C15H22N2O4S. The van der Waals surface area contributed by atoms with Gasteiger partial charge in [0.15, 0.2) is 9.84 Å². The standard InChI is InChI=1S/C15H22N2O4S/c1-21-10-11-22(19,20)14-4-2-12(3-5-14)15(18)17-13-6-8-16-9-7-13/h2-5,13,16H,6-11H2,1H3,(H,17,18). The molecule has 1 aliphatic rings. The number of carbonyl (C=O) groups excluding carboxylic acids is 1. The summed E-state index contributed by atoms with van der Waals surface area (Å²) in [6.45, 7) is 1.96. The monoisotopic (exact) mass is 326 g/mol. The van der Waals surface area contributed by atoms with Gasteiger partial charge < -0.3 is 15.4 Å². The van der Waals surface area contributed by atoms with E-state index in [0.717, 1.165) is 25.9 Å². The van der Waals surface area contributed by atoms with E-state index in [1.807, 2.05) is 0 Å². The molecule has 0 radical (unpaired) electrons. The van der Waals surface area contributed by atoms with Crippen LogP contribution in [-0.2, 0) is 14.6 Å². The quantitative estimate of drug-likeness (QED) is 0.799. The zero-order valence-electron chi connectivity index (χ0n) is 12.7. The molecular weight excluding hydrogens is 304 g/mol. The summed E-state index contributed by atoms with van der Waals surface area (Å²) in [6.07, 6.45) is 1.82. The zero-order chi connectivity index (χ0) is 16.0. The number of sulfone groups is 1. The SMILES string of the molecule is COCCS(=O)(=O)c1ccc(C(=O)NC2CCNCC2)cc1. The Bertz CT molecular complexity index is 592. The van der Waals surface area contributed by atoms with Crippen LogP contribution in [0.4, 0.5) is 0 Å². The third-order valence-electron chi connectivity index (χ3n) is 3.71. The Morgan fingerprint density at radius 3 is 2.50 bits per heavy atom. The predicted octanol–water partition coefficient (Wildman–Crippen LogP) is 0.589. The van der Waals surface area contributed by atoms with E-state index in [4.69, 9.17) is 4.74 Å². The van der Waals surface area contributed by atoms with E-state index in [-0.39, 0.29) is 29.2 Å². The first-order chi connectivity index (χ1) is 10.5. The molecule has 1 aromatic rings. The minimum absolute atomic E-state index is 0.0654. The highest BCUT2D eigenvalue weighted by Crippen LogP contribution is 2.13. The van der Waals surface area contributed by atoms with Crippen molar-refractivity contribution in [2.75, 3.05) is 32.6 Å². The fourth-order valence-electron chi connectivity index (χ4n) is 2.36. The fraction of sp³-hybridized carbons (Fsp3) is 0.533. The Morgan fingerprint density at radius 2 is 1.91 bits per heavy atom. The van der Waals surface area contributed by atoms with Crippen molar-refractivity contribution in [1.82, 2.24) is 10.6 Å². The topological polar surface area (TPSA) is 84.5 Å². The lowest BCUT2D eigenvalue weighted by Gasteiger charge is -2.23. The van der Waals surface area contributed by atoms with Gasteiger partial charge >= 0.3 is 0 Å². The lowest BCUT2D eigenvalue weighted by atomic mass is 10.1. The molecule has 1 aliphatic heterocycles. The van der Waals surface area contributed by atoms with Gasteiger partial charge in [-0.15, -0.1) is 0 Å². The van der Waals surface area contributed by atoms with Crippen molar-refractivity contribution in [3.63, 3.8) is 0 Å². The van der Waals surface area contributed by atoms with Crippen LogP contribution in [0.1, 0.15) is 23.2 Å². The van der Waals surface area contributed by atoms with Gasteiger partial charge in [-0.05, 0) is 50.2 Å². The number of carbonyl (C=O) groups is 1. The van der Waals surface area contributed by atoms with Crippen LogP contribution in [0, 0.1) is 0 Å². The summed E-state index contributed by atoms with van der Waals surface area (Å²) >= 11 is 0. The van der Waals surface area contributed by atoms with E-state index >= 15 is 0 Å². The average Bonchev–Trinajstić information content (AvgIpc) is 2.54. The van der Waals surface area contributed by atoms with Crippen LogP contribution in [0.15, 0.2) is 29.2 Å². The molecule has 6 nitrogen and oxygen atoms in total.